The van der Waals surface area contributed by atoms with Crippen molar-refractivity contribution in [2.45, 2.75) is 20.3 Å². The van der Waals surface area contributed by atoms with Crippen molar-refractivity contribution < 1.29 is 0 Å². The molecule has 0 atom stereocenters. The van der Waals surface area contributed by atoms with E-state index in [1.54, 1.807) is 12.5 Å². The summed E-state index contributed by atoms with van der Waals surface area (Å²) in [4.78, 5) is 12.8. The van der Waals surface area contributed by atoms with Crippen LogP contribution in [0.15, 0.2) is 12.5 Å². The van der Waals surface area contributed by atoms with Crippen LogP contribution >= 0.6 is 0 Å². The number of nitrogen functional groups attached to an aromatic ring is 1. The first-order valence-corrected chi connectivity index (χ1v) is 5.23. The summed E-state index contributed by atoms with van der Waals surface area (Å²) in [7, 11) is 1.91. The Hall–Kier alpha value is -1.91. The predicted octanol–water partition coefficient (Wildman–Crippen LogP) is 1.33. The molecule has 0 fully saturated rings. The summed E-state index contributed by atoms with van der Waals surface area (Å²) in [5, 5.41) is 0. The molecule has 0 spiro atoms. The molecular formula is C11H15N5. The topological polar surface area (TPSA) is 69.6 Å². The van der Waals surface area contributed by atoms with E-state index in [4.69, 9.17) is 5.73 Å². The van der Waals surface area contributed by atoms with Gasteiger partial charge in [0.1, 0.15) is 11.5 Å². The molecule has 5 nitrogen and oxygen atoms in total. The molecule has 0 saturated heterocycles. The molecule has 0 unspecified atom stereocenters. The smallest absolute Gasteiger partial charge is 0.180 e. The number of rotatable bonds is 2. The van der Waals surface area contributed by atoms with Gasteiger partial charge in [-0.25, -0.2) is 15.0 Å². The number of nitrogens with zero attached hydrogens (tertiary/aromatic N) is 4. The molecule has 0 aliphatic carbocycles. The molecule has 0 saturated carbocycles. The highest BCUT2D eigenvalue weighted by Gasteiger charge is 2.11. The number of nitrogens with two attached hydrogens (primary N) is 1. The summed E-state index contributed by atoms with van der Waals surface area (Å²) in [6, 6.07) is 0. The molecule has 2 aromatic heterocycles. The lowest BCUT2D eigenvalue weighted by Gasteiger charge is -2.08. The number of hydrogen-bond donors (Lipinski definition) is 1. The SMILES string of the molecule is CCc1nc(-c2cncn2C)nc(N)c1C. The van der Waals surface area contributed by atoms with Gasteiger partial charge in [0.25, 0.3) is 0 Å². The van der Waals surface area contributed by atoms with Gasteiger partial charge in [0.15, 0.2) is 5.82 Å². The lowest BCUT2D eigenvalue weighted by molar-refractivity contribution is 0.897. The molecular weight excluding hydrogens is 202 g/mol. The van der Waals surface area contributed by atoms with Gasteiger partial charge in [-0.1, -0.05) is 6.92 Å². The first-order valence-electron chi connectivity index (χ1n) is 5.23. The second-order valence-corrected chi connectivity index (χ2v) is 3.75. The van der Waals surface area contributed by atoms with Gasteiger partial charge >= 0.3 is 0 Å². The highest BCUT2D eigenvalue weighted by atomic mass is 15.1. The lowest BCUT2D eigenvalue weighted by Crippen LogP contribution is -2.05. The Morgan fingerprint density at radius 3 is 2.69 bits per heavy atom. The Labute approximate surface area is 94.4 Å². The van der Waals surface area contributed by atoms with Crippen LogP contribution in [0.3, 0.4) is 0 Å². The summed E-state index contributed by atoms with van der Waals surface area (Å²) >= 11 is 0. The third-order valence-corrected chi connectivity index (χ3v) is 2.66. The zero-order valence-corrected chi connectivity index (χ0v) is 9.73. The van der Waals surface area contributed by atoms with Crippen LogP contribution in [0.4, 0.5) is 5.82 Å². The molecule has 16 heavy (non-hydrogen) atoms. The average molecular weight is 217 g/mol. The Morgan fingerprint density at radius 1 is 1.38 bits per heavy atom. The molecule has 0 radical (unpaired) electrons. The quantitative estimate of drug-likeness (QED) is 0.823. The molecule has 0 bridgehead atoms. The number of anilines is 1. The van der Waals surface area contributed by atoms with Crippen molar-refractivity contribution in [2.75, 3.05) is 5.73 Å². The van der Waals surface area contributed by atoms with Crippen LogP contribution < -0.4 is 5.73 Å². The van der Waals surface area contributed by atoms with Crippen molar-refractivity contribution in [1.82, 2.24) is 19.5 Å². The molecule has 84 valence electrons. The van der Waals surface area contributed by atoms with E-state index in [1.165, 1.54) is 0 Å². The van der Waals surface area contributed by atoms with Crippen molar-refractivity contribution in [3.63, 3.8) is 0 Å². The highest BCUT2D eigenvalue weighted by molar-refractivity contribution is 5.54. The third kappa shape index (κ3) is 1.64. The van der Waals surface area contributed by atoms with Crippen LogP contribution in [0.2, 0.25) is 0 Å². The maximum atomic E-state index is 5.87. The summed E-state index contributed by atoms with van der Waals surface area (Å²) in [5.74, 6) is 1.18. The molecule has 0 aliphatic heterocycles. The second kappa shape index (κ2) is 3.92. The van der Waals surface area contributed by atoms with E-state index in [9.17, 15) is 0 Å². The molecule has 0 aliphatic rings. The van der Waals surface area contributed by atoms with Crippen LogP contribution in [0.1, 0.15) is 18.2 Å². The maximum Gasteiger partial charge on any atom is 0.180 e. The van der Waals surface area contributed by atoms with Gasteiger partial charge in [-0.15, -0.1) is 0 Å². The van der Waals surface area contributed by atoms with E-state index in [0.717, 1.165) is 23.4 Å². The Balaban J connectivity index is 2.59. The molecule has 2 rings (SSSR count). The van der Waals surface area contributed by atoms with Crippen LogP contribution in [0.5, 0.6) is 0 Å². The second-order valence-electron chi connectivity index (χ2n) is 3.75. The number of hydrogen-bond acceptors (Lipinski definition) is 4. The van der Waals surface area contributed by atoms with E-state index in [2.05, 4.69) is 21.9 Å². The molecule has 5 heteroatoms. The van der Waals surface area contributed by atoms with Gasteiger partial charge in [-0.3, -0.25) is 0 Å². The molecule has 2 heterocycles. The third-order valence-electron chi connectivity index (χ3n) is 2.66. The van der Waals surface area contributed by atoms with Crippen molar-refractivity contribution in [2.24, 2.45) is 7.05 Å². The van der Waals surface area contributed by atoms with Gasteiger partial charge in [-0.05, 0) is 13.3 Å². The molecule has 0 amide bonds. The first-order chi connectivity index (χ1) is 7.63. The lowest BCUT2D eigenvalue weighted by atomic mass is 10.2. The maximum absolute atomic E-state index is 5.87. The van der Waals surface area contributed by atoms with Gasteiger partial charge in [0, 0.05) is 18.3 Å². The summed E-state index contributed by atoms with van der Waals surface area (Å²) < 4.78 is 1.88. The van der Waals surface area contributed by atoms with Gasteiger partial charge in [-0.2, -0.15) is 0 Å². The van der Waals surface area contributed by atoms with E-state index in [1.807, 2.05) is 18.5 Å². The summed E-state index contributed by atoms with van der Waals surface area (Å²) in [6.07, 6.45) is 4.31. The van der Waals surface area contributed by atoms with E-state index >= 15 is 0 Å². The average Bonchev–Trinajstić information content (AvgIpc) is 2.68. The fourth-order valence-electron chi connectivity index (χ4n) is 1.61. The van der Waals surface area contributed by atoms with Crippen molar-refractivity contribution in [1.29, 1.82) is 0 Å². The predicted molar refractivity (Wildman–Crippen MR) is 62.8 cm³/mol. The summed E-state index contributed by atoms with van der Waals surface area (Å²) in [6.45, 7) is 4.00. The van der Waals surface area contributed by atoms with Gasteiger partial charge in [0.05, 0.1) is 12.5 Å². The van der Waals surface area contributed by atoms with Crippen LogP contribution in [0.25, 0.3) is 11.5 Å². The first kappa shape index (κ1) is 10.6. The van der Waals surface area contributed by atoms with Crippen LogP contribution in [-0.4, -0.2) is 19.5 Å². The Morgan fingerprint density at radius 2 is 2.12 bits per heavy atom. The normalized spacial score (nSPS) is 10.7. The van der Waals surface area contributed by atoms with Crippen LogP contribution in [-0.2, 0) is 13.5 Å². The zero-order valence-electron chi connectivity index (χ0n) is 9.73. The highest BCUT2D eigenvalue weighted by Crippen LogP contribution is 2.19. The van der Waals surface area contributed by atoms with Gasteiger partial charge < -0.3 is 10.3 Å². The minimum Gasteiger partial charge on any atom is -0.383 e. The van der Waals surface area contributed by atoms with E-state index in [-0.39, 0.29) is 0 Å². The number of aromatic nitrogens is 4. The van der Waals surface area contributed by atoms with Crippen LogP contribution in [0, 0.1) is 6.92 Å². The fourth-order valence-corrected chi connectivity index (χ4v) is 1.61. The molecule has 2 N–H and O–H groups in total. The zero-order chi connectivity index (χ0) is 11.7. The standard InChI is InChI=1S/C11H15N5/c1-4-8-7(2)10(12)15-11(14-8)9-5-13-6-16(9)3/h5-6H,4H2,1-3H3,(H2,12,14,15). The number of imidazole rings is 1. The monoisotopic (exact) mass is 217 g/mol. The number of aryl methyl sites for hydroxylation is 2. The molecule has 0 aromatic carbocycles. The minimum absolute atomic E-state index is 0.544. The largest absolute Gasteiger partial charge is 0.383 e. The minimum atomic E-state index is 0.544. The van der Waals surface area contributed by atoms with Crippen molar-refractivity contribution in [3.8, 4) is 11.5 Å². The fraction of sp³-hybridized carbons (Fsp3) is 0.364. The summed E-state index contributed by atoms with van der Waals surface area (Å²) in [5.41, 5.74) is 8.70. The van der Waals surface area contributed by atoms with Gasteiger partial charge in [0.2, 0.25) is 0 Å². The van der Waals surface area contributed by atoms with E-state index in [0.29, 0.717) is 11.6 Å². The van der Waals surface area contributed by atoms with E-state index < -0.39 is 0 Å². The van der Waals surface area contributed by atoms with Crippen molar-refractivity contribution in [3.05, 3.63) is 23.8 Å². The van der Waals surface area contributed by atoms with Crippen molar-refractivity contribution >= 4 is 5.82 Å². The Bertz CT molecular complexity index is 515. The molecule has 2 aromatic rings. The Kier molecular flexibility index (Phi) is 2.60.